The molecule has 3 aromatic rings. The van der Waals surface area contributed by atoms with Crippen LogP contribution in [-0.4, -0.2) is 50.1 Å². The first-order valence-electron chi connectivity index (χ1n) is 12.0. The molecule has 1 amide bonds. The van der Waals surface area contributed by atoms with Crippen LogP contribution in [0.25, 0.3) is 0 Å². The van der Waals surface area contributed by atoms with Crippen molar-refractivity contribution in [2.75, 3.05) is 26.9 Å². The third-order valence-corrected chi connectivity index (χ3v) is 6.53. The van der Waals surface area contributed by atoms with E-state index in [9.17, 15) is 14.7 Å². The van der Waals surface area contributed by atoms with Crippen molar-refractivity contribution >= 4 is 35.1 Å². The molecule has 4 rings (SSSR count). The van der Waals surface area contributed by atoms with E-state index in [4.69, 9.17) is 42.1 Å². The Balaban J connectivity index is 1.42. The van der Waals surface area contributed by atoms with Crippen molar-refractivity contribution in [2.24, 2.45) is 0 Å². The maximum Gasteiger partial charge on any atom is 0.311 e. The van der Waals surface area contributed by atoms with Gasteiger partial charge in [0.1, 0.15) is 23.5 Å². The number of nitrogens with one attached hydrogen (secondary N) is 1. The van der Waals surface area contributed by atoms with E-state index in [1.165, 1.54) is 0 Å². The molecule has 0 saturated carbocycles. The van der Waals surface area contributed by atoms with Crippen molar-refractivity contribution < 1.29 is 33.6 Å². The molecule has 2 N–H and O–H groups in total. The number of carboxylic acid groups (broad SMARTS) is 1. The van der Waals surface area contributed by atoms with Crippen molar-refractivity contribution in [1.82, 2.24) is 5.32 Å². The molecule has 0 fully saturated rings. The largest absolute Gasteiger partial charge is 0.493 e. The van der Waals surface area contributed by atoms with Gasteiger partial charge >= 0.3 is 5.97 Å². The van der Waals surface area contributed by atoms with E-state index < -0.39 is 18.1 Å². The van der Waals surface area contributed by atoms with E-state index in [1.807, 2.05) is 12.1 Å². The minimum absolute atomic E-state index is 0.264. The van der Waals surface area contributed by atoms with Crippen LogP contribution in [0.4, 0.5) is 0 Å². The summed E-state index contributed by atoms with van der Waals surface area (Å²) in [6.07, 6.45) is 0.259. The Hall–Kier alpha value is -3.30. The van der Waals surface area contributed by atoms with Crippen molar-refractivity contribution in [3.05, 3.63) is 87.4 Å². The highest BCUT2D eigenvalue weighted by molar-refractivity contribution is 6.32. The van der Waals surface area contributed by atoms with Crippen molar-refractivity contribution in [3.8, 4) is 17.2 Å². The summed E-state index contributed by atoms with van der Waals surface area (Å²) in [5.41, 5.74) is 1.90. The first kappa shape index (κ1) is 27.7. The highest BCUT2D eigenvalue weighted by Crippen LogP contribution is 2.41. The Bertz CT molecular complexity index is 1270. The number of amides is 1. The lowest BCUT2D eigenvalue weighted by Crippen LogP contribution is -2.39. The fraction of sp³-hybridized carbons (Fsp3) is 0.286. The van der Waals surface area contributed by atoms with E-state index >= 15 is 0 Å². The summed E-state index contributed by atoms with van der Waals surface area (Å²) in [7, 11) is 1.58. The number of hydrogen-bond acceptors (Lipinski definition) is 6. The molecule has 0 aliphatic carbocycles. The van der Waals surface area contributed by atoms with E-state index in [-0.39, 0.29) is 10.9 Å². The second-order valence-corrected chi connectivity index (χ2v) is 9.47. The van der Waals surface area contributed by atoms with E-state index in [2.05, 4.69) is 5.32 Å². The summed E-state index contributed by atoms with van der Waals surface area (Å²) in [5.74, 6) is -0.712. The number of rotatable bonds is 11. The van der Waals surface area contributed by atoms with Crippen molar-refractivity contribution in [2.45, 2.75) is 25.0 Å². The highest BCUT2D eigenvalue weighted by Gasteiger charge is 2.29. The molecule has 1 aliphatic heterocycles. The van der Waals surface area contributed by atoms with Gasteiger partial charge in [-0.3, -0.25) is 9.59 Å². The van der Waals surface area contributed by atoms with Crippen LogP contribution in [0.5, 0.6) is 17.2 Å². The first-order chi connectivity index (χ1) is 18.3. The number of benzene rings is 3. The zero-order valence-electron chi connectivity index (χ0n) is 20.6. The lowest BCUT2D eigenvalue weighted by Gasteiger charge is -2.24. The Kier molecular flexibility index (Phi) is 9.47. The molecule has 0 radical (unpaired) electrons. The zero-order chi connectivity index (χ0) is 27.1. The number of aliphatic carboxylic acids is 1. The summed E-state index contributed by atoms with van der Waals surface area (Å²) >= 11 is 12.4. The van der Waals surface area contributed by atoms with Gasteiger partial charge in [-0.1, -0.05) is 35.3 Å². The lowest BCUT2D eigenvalue weighted by atomic mass is 9.93. The molecule has 1 heterocycles. The average molecular weight is 560 g/mol. The standard InChI is InChI=1S/C28H27Cl2NO7/c1-35-12-13-37-26(14-17-2-6-19(29)7-3-17)31-27(32)18-4-8-20(9-5-18)38-25-16-24-22(15-23(25)30)21(28(33)34)10-11-36-24/h2-9,15-16,21,26H,10-14H2,1H3,(H,31,32)(H,33,34). The van der Waals surface area contributed by atoms with E-state index in [0.29, 0.717) is 66.1 Å². The fourth-order valence-electron chi connectivity index (χ4n) is 4.02. The van der Waals surface area contributed by atoms with Crippen LogP contribution < -0.4 is 14.8 Å². The average Bonchev–Trinajstić information content (AvgIpc) is 2.90. The lowest BCUT2D eigenvalue weighted by molar-refractivity contribution is -0.139. The predicted octanol–water partition coefficient (Wildman–Crippen LogP) is 5.70. The summed E-state index contributed by atoms with van der Waals surface area (Å²) in [4.78, 5) is 24.5. The zero-order valence-corrected chi connectivity index (χ0v) is 22.1. The summed E-state index contributed by atoms with van der Waals surface area (Å²) in [5, 5.41) is 13.3. The van der Waals surface area contributed by atoms with E-state index in [1.54, 1.807) is 55.6 Å². The predicted molar refractivity (Wildman–Crippen MR) is 143 cm³/mol. The number of hydrogen-bond donors (Lipinski definition) is 2. The number of ether oxygens (including phenoxy) is 4. The van der Waals surface area contributed by atoms with Gasteiger partial charge in [0.05, 0.1) is 30.8 Å². The van der Waals surface area contributed by atoms with Crippen LogP contribution in [0.15, 0.2) is 60.7 Å². The number of halogens is 2. The van der Waals surface area contributed by atoms with Gasteiger partial charge in [0, 0.05) is 35.7 Å². The Morgan fingerprint density at radius 3 is 2.50 bits per heavy atom. The monoisotopic (exact) mass is 559 g/mol. The molecule has 8 nitrogen and oxygen atoms in total. The molecular weight excluding hydrogens is 533 g/mol. The van der Waals surface area contributed by atoms with Crippen LogP contribution in [0, 0.1) is 0 Å². The maximum atomic E-state index is 12.9. The molecule has 0 spiro atoms. The molecule has 0 bridgehead atoms. The summed E-state index contributed by atoms with van der Waals surface area (Å²) < 4.78 is 22.4. The van der Waals surface area contributed by atoms with Gasteiger partial charge in [0.15, 0.2) is 0 Å². The van der Waals surface area contributed by atoms with Crippen LogP contribution in [0.1, 0.15) is 33.8 Å². The Labute approximate surface area is 230 Å². The van der Waals surface area contributed by atoms with Crippen LogP contribution in [0.3, 0.4) is 0 Å². The summed E-state index contributed by atoms with van der Waals surface area (Å²) in [6, 6.07) is 17.0. The number of methoxy groups -OCH3 is 1. The number of carbonyl (C=O) groups excluding carboxylic acids is 1. The summed E-state index contributed by atoms with van der Waals surface area (Å²) in [6.45, 7) is 1.01. The Morgan fingerprint density at radius 1 is 1.08 bits per heavy atom. The Morgan fingerprint density at radius 2 is 1.82 bits per heavy atom. The topological polar surface area (TPSA) is 103 Å². The van der Waals surface area contributed by atoms with E-state index in [0.717, 1.165) is 5.56 Å². The third kappa shape index (κ3) is 7.17. The van der Waals surface area contributed by atoms with Crippen LogP contribution in [0.2, 0.25) is 10.0 Å². The quantitative estimate of drug-likeness (QED) is 0.229. The molecule has 10 heteroatoms. The second kappa shape index (κ2) is 13.0. The van der Waals surface area contributed by atoms with Gasteiger partial charge in [-0.05, 0) is 54.4 Å². The fourth-order valence-corrected chi connectivity index (χ4v) is 4.35. The molecule has 3 aromatic carbocycles. The third-order valence-electron chi connectivity index (χ3n) is 5.98. The number of carboxylic acids is 1. The molecule has 38 heavy (non-hydrogen) atoms. The normalized spacial score (nSPS) is 15.2. The minimum Gasteiger partial charge on any atom is -0.493 e. The molecule has 0 aromatic heterocycles. The molecule has 0 saturated heterocycles. The molecular formula is C28H27Cl2NO7. The molecule has 1 aliphatic rings. The SMILES string of the molecule is COCCOC(Cc1ccc(Cl)cc1)NC(=O)c1ccc(Oc2cc3c(cc2Cl)C(C(=O)O)CCO3)cc1. The number of carbonyl (C=O) groups is 2. The van der Waals surface area contributed by atoms with Crippen molar-refractivity contribution in [3.63, 3.8) is 0 Å². The van der Waals surface area contributed by atoms with Crippen LogP contribution >= 0.6 is 23.2 Å². The van der Waals surface area contributed by atoms with Gasteiger partial charge < -0.3 is 29.4 Å². The van der Waals surface area contributed by atoms with Gasteiger partial charge in [0.2, 0.25) is 0 Å². The van der Waals surface area contributed by atoms with Crippen LogP contribution in [-0.2, 0) is 20.7 Å². The molecule has 2 atom stereocenters. The van der Waals surface area contributed by atoms with Gasteiger partial charge in [0.25, 0.3) is 5.91 Å². The number of fused-ring (bicyclic) bond motifs is 1. The van der Waals surface area contributed by atoms with Gasteiger partial charge in [-0.2, -0.15) is 0 Å². The maximum absolute atomic E-state index is 12.9. The molecule has 200 valence electrons. The molecule has 2 unspecified atom stereocenters. The van der Waals surface area contributed by atoms with Crippen molar-refractivity contribution in [1.29, 1.82) is 0 Å². The second-order valence-electron chi connectivity index (χ2n) is 8.63. The minimum atomic E-state index is -0.923. The van der Waals surface area contributed by atoms with Gasteiger partial charge in [-0.25, -0.2) is 0 Å². The first-order valence-corrected chi connectivity index (χ1v) is 12.7. The smallest absolute Gasteiger partial charge is 0.311 e. The van der Waals surface area contributed by atoms with Gasteiger partial charge in [-0.15, -0.1) is 0 Å². The highest BCUT2D eigenvalue weighted by atomic mass is 35.5.